The van der Waals surface area contributed by atoms with Crippen molar-refractivity contribution >= 4 is 12.0 Å². The van der Waals surface area contributed by atoms with Gasteiger partial charge in [-0.3, -0.25) is 4.79 Å². The number of carboxylic acids is 1. The fraction of sp³-hybridized carbons (Fsp3) is 0.500. The third-order valence-electron chi connectivity index (χ3n) is 3.44. The Kier molecular flexibility index (Phi) is 6.72. The molecule has 1 rings (SSSR count). The average molecular weight is 292 g/mol. The number of nitrogens with one attached hydrogen (secondary N) is 1. The molecule has 0 aliphatic heterocycles. The molecule has 0 bridgehead atoms. The Hall–Kier alpha value is -2.04. The molecule has 0 saturated carbocycles. The predicted octanol–water partition coefficient (Wildman–Crippen LogP) is 2.51. The molecule has 2 unspecified atom stereocenters. The Morgan fingerprint density at radius 1 is 1.24 bits per heavy atom. The Morgan fingerprint density at radius 2 is 1.86 bits per heavy atom. The first-order valence-electron chi connectivity index (χ1n) is 7.26. The van der Waals surface area contributed by atoms with Crippen LogP contribution in [0.4, 0.5) is 4.79 Å². The van der Waals surface area contributed by atoms with Crippen LogP contribution in [0.1, 0.15) is 32.8 Å². The number of hydrogen-bond donors (Lipinski definition) is 2. The Balaban J connectivity index is 2.61. The van der Waals surface area contributed by atoms with Crippen LogP contribution in [-0.4, -0.2) is 40.6 Å². The van der Waals surface area contributed by atoms with E-state index in [1.165, 1.54) is 4.90 Å². The minimum atomic E-state index is -0.999. The van der Waals surface area contributed by atoms with E-state index in [-0.39, 0.29) is 24.7 Å². The summed E-state index contributed by atoms with van der Waals surface area (Å²) in [5, 5.41) is 11.8. The van der Waals surface area contributed by atoms with Crippen LogP contribution in [0.2, 0.25) is 0 Å². The zero-order valence-electron chi connectivity index (χ0n) is 12.9. The van der Waals surface area contributed by atoms with Crippen molar-refractivity contribution in [2.45, 2.75) is 45.7 Å². The fourth-order valence-electron chi connectivity index (χ4n) is 2.11. The van der Waals surface area contributed by atoms with Gasteiger partial charge in [0.1, 0.15) is 6.54 Å². The van der Waals surface area contributed by atoms with Crippen LogP contribution in [0.3, 0.4) is 0 Å². The second-order valence-electron chi connectivity index (χ2n) is 5.32. The number of urea groups is 1. The van der Waals surface area contributed by atoms with E-state index in [2.05, 4.69) is 5.32 Å². The summed E-state index contributed by atoms with van der Waals surface area (Å²) in [6.07, 6.45) is 1.43. The van der Waals surface area contributed by atoms with Crippen LogP contribution in [0.15, 0.2) is 30.3 Å². The summed E-state index contributed by atoms with van der Waals surface area (Å²) < 4.78 is 0. The normalized spacial score (nSPS) is 13.3. The third-order valence-corrected chi connectivity index (χ3v) is 3.44. The van der Waals surface area contributed by atoms with Crippen molar-refractivity contribution in [2.75, 3.05) is 6.54 Å². The first-order valence-corrected chi connectivity index (χ1v) is 7.26. The number of carbonyl (C=O) groups excluding carboxylic acids is 1. The van der Waals surface area contributed by atoms with Gasteiger partial charge in [0.15, 0.2) is 0 Å². The molecule has 5 heteroatoms. The van der Waals surface area contributed by atoms with Crippen molar-refractivity contribution < 1.29 is 14.7 Å². The topological polar surface area (TPSA) is 69.6 Å². The van der Waals surface area contributed by atoms with Gasteiger partial charge in [-0.1, -0.05) is 37.3 Å². The maximum absolute atomic E-state index is 12.2. The van der Waals surface area contributed by atoms with Crippen molar-refractivity contribution in [1.29, 1.82) is 0 Å². The van der Waals surface area contributed by atoms with E-state index in [9.17, 15) is 9.59 Å². The first-order chi connectivity index (χ1) is 9.93. The number of carbonyl (C=O) groups is 2. The largest absolute Gasteiger partial charge is 0.480 e. The molecule has 2 N–H and O–H groups in total. The zero-order valence-corrected chi connectivity index (χ0v) is 12.9. The molecule has 0 aromatic heterocycles. The molecule has 0 heterocycles. The van der Waals surface area contributed by atoms with Gasteiger partial charge >= 0.3 is 12.0 Å². The van der Waals surface area contributed by atoms with Crippen molar-refractivity contribution in [3.8, 4) is 0 Å². The van der Waals surface area contributed by atoms with Gasteiger partial charge in [-0.05, 0) is 32.3 Å². The molecule has 0 radical (unpaired) electrons. The lowest BCUT2D eigenvalue weighted by atomic mass is 10.1. The number of benzene rings is 1. The SMILES string of the molecule is CCC(C)N(CC(=O)O)C(=O)NC(C)Cc1ccccc1. The maximum Gasteiger partial charge on any atom is 0.323 e. The highest BCUT2D eigenvalue weighted by Gasteiger charge is 2.22. The summed E-state index contributed by atoms with van der Waals surface area (Å²) in [6, 6.07) is 9.39. The van der Waals surface area contributed by atoms with Gasteiger partial charge in [0, 0.05) is 12.1 Å². The maximum atomic E-state index is 12.2. The van der Waals surface area contributed by atoms with Gasteiger partial charge in [-0.15, -0.1) is 0 Å². The average Bonchev–Trinajstić information content (AvgIpc) is 2.44. The number of rotatable bonds is 7. The number of nitrogens with zero attached hydrogens (tertiary/aromatic N) is 1. The van der Waals surface area contributed by atoms with E-state index in [1.807, 2.05) is 51.1 Å². The fourth-order valence-corrected chi connectivity index (χ4v) is 2.11. The highest BCUT2D eigenvalue weighted by atomic mass is 16.4. The van der Waals surface area contributed by atoms with Crippen LogP contribution < -0.4 is 5.32 Å². The van der Waals surface area contributed by atoms with Crippen LogP contribution in [0.25, 0.3) is 0 Å². The third kappa shape index (κ3) is 5.85. The van der Waals surface area contributed by atoms with E-state index in [0.717, 1.165) is 5.56 Å². The van der Waals surface area contributed by atoms with Gasteiger partial charge in [0.25, 0.3) is 0 Å². The summed E-state index contributed by atoms with van der Waals surface area (Å²) in [4.78, 5) is 24.5. The molecular weight excluding hydrogens is 268 g/mol. The van der Waals surface area contributed by atoms with E-state index in [0.29, 0.717) is 12.8 Å². The first kappa shape index (κ1) is 17.0. The molecule has 0 fully saturated rings. The molecule has 0 aliphatic rings. The summed E-state index contributed by atoms with van der Waals surface area (Å²) in [7, 11) is 0. The van der Waals surface area contributed by atoms with Gasteiger partial charge in [-0.25, -0.2) is 4.79 Å². The molecule has 116 valence electrons. The predicted molar refractivity (Wildman–Crippen MR) is 82.2 cm³/mol. The van der Waals surface area contributed by atoms with E-state index < -0.39 is 5.97 Å². The molecule has 1 aromatic carbocycles. The molecule has 0 spiro atoms. The monoisotopic (exact) mass is 292 g/mol. The highest BCUT2D eigenvalue weighted by molar-refractivity contribution is 5.80. The molecule has 5 nitrogen and oxygen atoms in total. The van der Waals surface area contributed by atoms with Crippen molar-refractivity contribution in [3.05, 3.63) is 35.9 Å². The van der Waals surface area contributed by atoms with Crippen molar-refractivity contribution in [3.63, 3.8) is 0 Å². The minimum absolute atomic E-state index is 0.0553. The van der Waals surface area contributed by atoms with E-state index in [1.54, 1.807) is 0 Å². The van der Waals surface area contributed by atoms with Gasteiger partial charge in [-0.2, -0.15) is 0 Å². The quantitative estimate of drug-likeness (QED) is 0.811. The minimum Gasteiger partial charge on any atom is -0.480 e. The molecule has 2 amide bonds. The lowest BCUT2D eigenvalue weighted by molar-refractivity contribution is -0.138. The molecular formula is C16H24N2O3. The highest BCUT2D eigenvalue weighted by Crippen LogP contribution is 2.06. The molecule has 1 aromatic rings. The van der Waals surface area contributed by atoms with Crippen molar-refractivity contribution in [1.82, 2.24) is 10.2 Å². The lowest BCUT2D eigenvalue weighted by Crippen LogP contribution is -2.50. The molecule has 21 heavy (non-hydrogen) atoms. The lowest BCUT2D eigenvalue weighted by Gasteiger charge is -2.28. The molecule has 0 saturated heterocycles. The van der Waals surface area contributed by atoms with Crippen LogP contribution in [-0.2, 0) is 11.2 Å². The smallest absolute Gasteiger partial charge is 0.323 e. The van der Waals surface area contributed by atoms with Gasteiger partial charge in [0.2, 0.25) is 0 Å². The molecule has 2 atom stereocenters. The molecule has 0 aliphatic carbocycles. The van der Waals surface area contributed by atoms with Crippen LogP contribution in [0.5, 0.6) is 0 Å². The van der Waals surface area contributed by atoms with Crippen molar-refractivity contribution in [2.24, 2.45) is 0 Å². The second-order valence-corrected chi connectivity index (χ2v) is 5.32. The van der Waals surface area contributed by atoms with Gasteiger partial charge < -0.3 is 15.3 Å². The van der Waals surface area contributed by atoms with Gasteiger partial charge in [0.05, 0.1) is 0 Å². The zero-order chi connectivity index (χ0) is 15.8. The summed E-state index contributed by atoms with van der Waals surface area (Å²) in [6.45, 7) is 5.42. The number of aliphatic carboxylic acids is 1. The number of amides is 2. The van der Waals surface area contributed by atoms with Crippen LogP contribution >= 0.6 is 0 Å². The second kappa shape index (κ2) is 8.29. The van der Waals surface area contributed by atoms with E-state index in [4.69, 9.17) is 5.11 Å². The van der Waals surface area contributed by atoms with Crippen LogP contribution in [0, 0.1) is 0 Å². The Bertz CT molecular complexity index is 462. The number of hydrogen-bond acceptors (Lipinski definition) is 2. The summed E-state index contributed by atoms with van der Waals surface area (Å²) in [5.41, 5.74) is 1.14. The summed E-state index contributed by atoms with van der Waals surface area (Å²) >= 11 is 0. The van der Waals surface area contributed by atoms with E-state index >= 15 is 0 Å². The summed E-state index contributed by atoms with van der Waals surface area (Å²) in [5.74, 6) is -0.999. The Labute approximate surface area is 126 Å². The number of carboxylic acid groups (broad SMARTS) is 1. The Morgan fingerprint density at radius 3 is 2.38 bits per heavy atom. The standard InChI is InChI=1S/C16H24N2O3/c1-4-13(3)18(11-15(19)20)16(21)17-12(2)10-14-8-6-5-7-9-14/h5-9,12-13H,4,10-11H2,1-3H3,(H,17,21)(H,19,20).